The van der Waals surface area contributed by atoms with E-state index in [4.69, 9.17) is 9.84 Å². The second kappa shape index (κ2) is 11.9. The van der Waals surface area contributed by atoms with Gasteiger partial charge in [-0.15, -0.1) is 0 Å². The van der Waals surface area contributed by atoms with Crippen molar-refractivity contribution in [2.75, 3.05) is 32.9 Å². The van der Waals surface area contributed by atoms with E-state index in [1.165, 1.54) is 6.42 Å². The van der Waals surface area contributed by atoms with Gasteiger partial charge >= 0.3 is 0 Å². The first-order valence-electron chi connectivity index (χ1n) is 5.31. The molecular formula is C10H23NO2. The summed E-state index contributed by atoms with van der Waals surface area (Å²) < 4.78 is 5.39. The molecule has 13 heavy (non-hydrogen) atoms. The van der Waals surface area contributed by atoms with Gasteiger partial charge in [-0.25, -0.2) is 0 Å². The van der Waals surface area contributed by atoms with Crippen molar-refractivity contribution in [3.8, 4) is 0 Å². The Labute approximate surface area is 81.5 Å². The van der Waals surface area contributed by atoms with Gasteiger partial charge in [-0.1, -0.05) is 13.3 Å². The molecule has 0 rings (SSSR count). The quantitative estimate of drug-likeness (QED) is 0.507. The van der Waals surface area contributed by atoms with Gasteiger partial charge in [-0.3, -0.25) is 0 Å². The van der Waals surface area contributed by atoms with E-state index < -0.39 is 0 Å². The average Bonchev–Trinajstić information content (AvgIpc) is 2.16. The van der Waals surface area contributed by atoms with Crippen LogP contribution < -0.4 is 5.32 Å². The zero-order valence-corrected chi connectivity index (χ0v) is 8.72. The Balaban J connectivity index is 2.76. The molecule has 0 heterocycles. The molecule has 0 radical (unpaired) electrons. The van der Waals surface area contributed by atoms with Crippen LogP contribution in [0, 0.1) is 0 Å². The fourth-order valence-corrected chi connectivity index (χ4v) is 0.977. The summed E-state index contributed by atoms with van der Waals surface area (Å²) in [4.78, 5) is 0. The molecule has 0 atom stereocenters. The molecule has 0 saturated carbocycles. The van der Waals surface area contributed by atoms with Crippen molar-refractivity contribution in [3.05, 3.63) is 0 Å². The standard InChI is InChI=1S/C10H23NO2/c1-2-3-9-13-10-5-7-11-6-4-8-12/h11-12H,2-10H2,1H3. The minimum absolute atomic E-state index is 0.278. The SMILES string of the molecule is CCCCOCCCNCCCO. The third kappa shape index (κ3) is 11.9. The fourth-order valence-electron chi connectivity index (χ4n) is 0.977. The smallest absolute Gasteiger partial charge is 0.0478 e. The number of ether oxygens (including phenoxy) is 1. The van der Waals surface area contributed by atoms with Gasteiger partial charge < -0.3 is 15.2 Å². The van der Waals surface area contributed by atoms with Crippen molar-refractivity contribution in [2.24, 2.45) is 0 Å². The maximum atomic E-state index is 8.50. The molecule has 0 aliphatic rings. The van der Waals surface area contributed by atoms with E-state index in [0.29, 0.717) is 0 Å². The van der Waals surface area contributed by atoms with Crippen molar-refractivity contribution in [1.29, 1.82) is 0 Å². The van der Waals surface area contributed by atoms with E-state index in [-0.39, 0.29) is 6.61 Å². The molecule has 3 nitrogen and oxygen atoms in total. The van der Waals surface area contributed by atoms with Gasteiger partial charge in [-0.05, 0) is 32.4 Å². The lowest BCUT2D eigenvalue weighted by molar-refractivity contribution is 0.128. The van der Waals surface area contributed by atoms with Crippen LogP contribution in [0.1, 0.15) is 32.6 Å². The van der Waals surface area contributed by atoms with E-state index >= 15 is 0 Å². The first-order valence-corrected chi connectivity index (χ1v) is 5.31. The maximum Gasteiger partial charge on any atom is 0.0478 e. The van der Waals surface area contributed by atoms with Crippen LogP contribution in [-0.2, 0) is 4.74 Å². The fraction of sp³-hybridized carbons (Fsp3) is 1.00. The number of rotatable bonds is 10. The Bertz CT molecular complexity index is 79.0. The van der Waals surface area contributed by atoms with E-state index in [1.54, 1.807) is 0 Å². The van der Waals surface area contributed by atoms with Crippen LogP contribution in [0.25, 0.3) is 0 Å². The van der Waals surface area contributed by atoms with Gasteiger partial charge in [0.15, 0.2) is 0 Å². The molecule has 0 aromatic heterocycles. The predicted octanol–water partition coefficient (Wildman–Crippen LogP) is 1.17. The van der Waals surface area contributed by atoms with Gasteiger partial charge in [0, 0.05) is 19.8 Å². The number of unbranched alkanes of at least 4 members (excludes halogenated alkanes) is 1. The topological polar surface area (TPSA) is 41.5 Å². The van der Waals surface area contributed by atoms with Crippen LogP contribution in [0.2, 0.25) is 0 Å². The minimum atomic E-state index is 0.278. The Hall–Kier alpha value is -0.120. The molecule has 0 unspecified atom stereocenters. The number of hydrogen-bond acceptors (Lipinski definition) is 3. The summed E-state index contributed by atoms with van der Waals surface area (Å²) in [6.45, 7) is 6.09. The lowest BCUT2D eigenvalue weighted by Crippen LogP contribution is -2.19. The summed E-state index contributed by atoms with van der Waals surface area (Å²) in [7, 11) is 0. The zero-order chi connectivity index (χ0) is 9.78. The minimum Gasteiger partial charge on any atom is -0.396 e. The highest BCUT2D eigenvalue weighted by molar-refractivity contribution is 4.46. The monoisotopic (exact) mass is 189 g/mol. The van der Waals surface area contributed by atoms with Gasteiger partial charge in [0.25, 0.3) is 0 Å². The molecule has 0 aromatic rings. The van der Waals surface area contributed by atoms with E-state index in [1.807, 2.05) is 0 Å². The third-order valence-electron chi connectivity index (χ3n) is 1.80. The van der Waals surface area contributed by atoms with Crippen LogP contribution in [-0.4, -0.2) is 38.0 Å². The zero-order valence-electron chi connectivity index (χ0n) is 8.72. The summed E-state index contributed by atoms with van der Waals surface area (Å²) in [5.74, 6) is 0. The second-order valence-corrected chi connectivity index (χ2v) is 3.15. The first-order chi connectivity index (χ1) is 6.41. The third-order valence-corrected chi connectivity index (χ3v) is 1.80. The highest BCUT2D eigenvalue weighted by Crippen LogP contribution is 1.88. The molecule has 0 bridgehead atoms. The van der Waals surface area contributed by atoms with E-state index in [9.17, 15) is 0 Å². The van der Waals surface area contributed by atoms with E-state index in [2.05, 4.69) is 12.2 Å². The molecule has 0 aliphatic heterocycles. The summed E-state index contributed by atoms with van der Waals surface area (Å²) in [6, 6.07) is 0. The van der Waals surface area contributed by atoms with Crippen molar-refractivity contribution in [2.45, 2.75) is 32.6 Å². The average molecular weight is 189 g/mol. The Morgan fingerprint density at radius 2 is 1.77 bits per heavy atom. The summed E-state index contributed by atoms with van der Waals surface area (Å²) >= 11 is 0. The van der Waals surface area contributed by atoms with Crippen LogP contribution in [0.5, 0.6) is 0 Å². The van der Waals surface area contributed by atoms with E-state index in [0.717, 1.165) is 45.6 Å². The van der Waals surface area contributed by atoms with Gasteiger partial charge in [-0.2, -0.15) is 0 Å². The highest BCUT2D eigenvalue weighted by Gasteiger charge is 1.89. The van der Waals surface area contributed by atoms with Crippen LogP contribution in [0.4, 0.5) is 0 Å². The maximum absolute atomic E-state index is 8.50. The summed E-state index contributed by atoms with van der Waals surface area (Å²) in [5, 5.41) is 11.7. The van der Waals surface area contributed by atoms with Crippen LogP contribution >= 0.6 is 0 Å². The Morgan fingerprint density at radius 1 is 1.08 bits per heavy atom. The molecule has 0 aliphatic carbocycles. The number of aliphatic hydroxyl groups excluding tert-OH is 1. The van der Waals surface area contributed by atoms with Crippen molar-refractivity contribution in [3.63, 3.8) is 0 Å². The molecular weight excluding hydrogens is 166 g/mol. The molecule has 3 heteroatoms. The van der Waals surface area contributed by atoms with Crippen molar-refractivity contribution in [1.82, 2.24) is 5.32 Å². The molecule has 0 spiro atoms. The second-order valence-electron chi connectivity index (χ2n) is 3.15. The first kappa shape index (κ1) is 12.9. The molecule has 0 aromatic carbocycles. The lowest BCUT2D eigenvalue weighted by atomic mass is 10.3. The molecule has 2 N–H and O–H groups in total. The van der Waals surface area contributed by atoms with Crippen molar-refractivity contribution < 1.29 is 9.84 Å². The summed E-state index contributed by atoms with van der Waals surface area (Å²) in [6.07, 6.45) is 4.28. The van der Waals surface area contributed by atoms with Gasteiger partial charge in [0.05, 0.1) is 0 Å². The van der Waals surface area contributed by atoms with Crippen LogP contribution in [0.3, 0.4) is 0 Å². The molecule has 0 fully saturated rings. The normalized spacial score (nSPS) is 10.6. The van der Waals surface area contributed by atoms with Gasteiger partial charge in [0.1, 0.15) is 0 Å². The largest absolute Gasteiger partial charge is 0.396 e. The number of nitrogens with one attached hydrogen (secondary N) is 1. The van der Waals surface area contributed by atoms with Gasteiger partial charge in [0.2, 0.25) is 0 Å². The van der Waals surface area contributed by atoms with Crippen molar-refractivity contribution >= 4 is 0 Å². The highest BCUT2D eigenvalue weighted by atomic mass is 16.5. The predicted molar refractivity (Wildman–Crippen MR) is 54.9 cm³/mol. The number of hydrogen-bond donors (Lipinski definition) is 2. The lowest BCUT2D eigenvalue weighted by Gasteiger charge is -2.04. The Kier molecular flexibility index (Phi) is 11.8. The molecule has 80 valence electrons. The number of aliphatic hydroxyl groups is 1. The molecule has 0 saturated heterocycles. The Morgan fingerprint density at radius 3 is 2.46 bits per heavy atom. The summed E-state index contributed by atoms with van der Waals surface area (Å²) in [5.41, 5.74) is 0. The van der Waals surface area contributed by atoms with Crippen LogP contribution in [0.15, 0.2) is 0 Å². The molecule has 0 amide bonds.